The van der Waals surface area contributed by atoms with Crippen molar-refractivity contribution in [2.45, 2.75) is 31.8 Å². The molecule has 0 bridgehead atoms. The maximum atomic E-state index is 5.69. The zero-order chi connectivity index (χ0) is 12.6. The number of methoxy groups -OCH3 is 1. The fraction of sp³-hybridized carbons (Fsp3) is 0.769. The fourth-order valence-electron chi connectivity index (χ4n) is 2.08. The Hall–Kier alpha value is -0.910. The molecule has 1 aromatic heterocycles. The van der Waals surface area contributed by atoms with Crippen molar-refractivity contribution in [3.63, 3.8) is 0 Å². The first kappa shape index (κ1) is 13.5. The summed E-state index contributed by atoms with van der Waals surface area (Å²) >= 11 is 0. The molecule has 18 heavy (non-hydrogen) atoms. The third-order valence-electron chi connectivity index (χ3n) is 3.05. The van der Waals surface area contributed by atoms with Crippen molar-refractivity contribution in [3.05, 3.63) is 17.8 Å². The highest BCUT2D eigenvalue weighted by Crippen LogP contribution is 2.17. The van der Waals surface area contributed by atoms with Crippen molar-refractivity contribution in [2.24, 2.45) is 0 Å². The molecule has 0 aliphatic carbocycles. The molecule has 1 N–H and O–H groups in total. The van der Waals surface area contributed by atoms with Gasteiger partial charge < -0.3 is 19.2 Å². The lowest BCUT2D eigenvalue weighted by Gasteiger charge is -2.05. The molecule has 1 aliphatic rings. The van der Waals surface area contributed by atoms with Gasteiger partial charge in [-0.05, 0) is 12.8 Å². The largest absolute Gasteiger partial charge is 0.446 e. The summed E-state index contributed by atoms with van der Waals surface area (Å²) in [4.78, 5) is 4.28. The maximum absolute atomic E-state index is 5.69. The number of nitrogens with one attached hydrogen (secondary N) is 1. The molecule has 1 aromatic rings. The van der Waals surface area contributed by atoms with Crippen molar-refractivity contribution in [1.29, 1.82) is 0 Å². The number of oxazole rings is 1. The molecule has 0 amide bonds. The molecule has 0 spiro atoms. The van der Waals surface area contributed by atoms with Gasteiger partial charge in [-0.15, -0.1) is 0 Å². The van der Waals surface area contributed by atoms with Crippen LogP contribution in [0.25, 0.3) is 0 Å². The molecule has 1 atom stereocenters. The van der Waals surface area contributed by atoms with Crippen molar-refractivity contribution in [1.82, 2.24) is 10.3 Å². The third kappa shape index (κ3) is 4.40. The van der Waals surface area contributed by atoms with Crippen molar-refractivity contribution >= 4 is 0 Å². The summed E-state index contributed by atoms with van der Waals surface area (Å²) < 4.78 is 16.2. The normalized spacial score (nSPS) is 19.5. The van der Waals surface area contributed by atoms with Gasteiger partial charge in [0, 0.05) is 39.6 Å². The molecule has 0 aromatic carbocycles. The summed E-state index contributed by atoms with van der Waals surface area (Å²) in [5, 5.41) is 3.27. The lowest BCUT2D eigenvalue weighted by molar-refractivity contribution is 0.106. The highest BCUT2D eigenvalue weighted by molar-refractivity contribution is 4.97. The van der Waals surface area contributed by atoms with Gasteiger partial charge in [0.2, 0.25) is 0 Å². The van der Waals surface area contributed by atoms with E-state index in [1.807, 2.05) is 6.20 Å². The summed E-state index contributed by atoms with van der Waals surface area (Å²) in [5.74, 6) is 1.74. The molecular formula is C13H22N2O3. The average Bonchev–Trinajstić information content (AvgIpc) is 3.02. The van der Waals surface area contributed by atoms with Gasteiger partial charge in [-0.3, -0.25) is 0 Å². The third-order valence-corrected chi connectivity index (χ3v) is 3.05. The predicted molar refractivity (Wildman–Crippen MR) is 67.6 cm³/mol. The van der Waals surface area contributed by atoms with E-state index in [2.05, 4.69) is 10.3 Å². The van der Waals surface area contributed by atoms with Crippen LogP contribution >= 0.6 is 0 Å². The lowest BCUT2D eigenvalue weighted by atomic mass is 10.1. The van der Waals surface area contributed by atoms with E-state index >= 15 is 0 Å². The molecular weight excluding hydrogens is 232 g/mol. The fourth-order valence-corrected chi connectivity index (χ4v) is 2.08. The van der Waals surface area contributed by atoms with Gasteiger partial charge in [0.15, 0.2) is 5.89 Å². The molecule has 1 saturated heterocycles. The monoisotopic (exact) mass is 254 g/mol. The zero-order valence-corrected chi connectivity index (χ0v) is 11.0. The molecule has 1 fully saturated rings. The number of nitrogens with zero attached hydrogens (tertiary/aromatic N) is 1. The van der Waals surface area contributed by atoms with Gasteiger partial charge in [0.05, 0.1) is 18.9 Å². The maximum Gasteiger partial charge on any atom is 0.195 e. The Balaban J connectivity index is 1.65. The van der Waals surface area contributed by atoms with Crippen LogP contribution in [0.15, 0.2) is 10.6 Å². The number of hydrogen-bond donors (Lipinski definition) is 1. The Morgan fingerprint density at radius 2 is 2.44 bits per heavy atom. The molecule has 2 heterocycles. The van der Waals surface area contributed by atoms with E-state index in [9.17, 15) is 0 Å². The van der Waals surface area contributed by atoms with Crippen LogP contribution in [0.4, 0.5) is 0 Å². The van der Waals surface area contributed by atoms with Crippen LogP contribution in [0.3, 0.4) is 0 Å². The van der Waals surface area contributed by atoms with Gasteiger partial charge in [0.1, 0.15) is 5.76 Å². The van der Waals surface area contributed by atoms with Crippen LogP contribution in [0.1, 0.15) is 24.5 Å². The first-order chi connectivity index (χ1) is 8.88. The molecule has 2 rings (SSSR count). The van der Waals surface area contributed by atoms with E-state index in [1.54, 1.807) is 7.11 Å². The van der Waals surface area contributed by atoms with E-state index < -0.39 is 0 Å². The van der Waals surface area contributed by atoms with Crippen LogP contribution in [0, 0.1) is 0 Å². The number of rotatable bonds is 8. The van der Waals surface area contributed by atoms with Crippen molar-refractivity contribution < 1.29 is 13.9 Å². The number of ether oxygens (including phenoxy) is 2. The summed E-state index contributed by atoms with van der Waals surface area (Å²) in [7, 11) is 1.70. The molecule has 5 heteroatoms. The van der Waals surface area contributed by atoms with Crippen LogP contribution in [-0.2, 0) is 22.3 Å². The van der Waals surface area contributed by atoms with Crippen LogP contribution in [0.5, 0.6) is 0 Å². The minimum atomic E-state index is 0.325. The molecule has 102 valence electrons. The summed E-state index contributed by atoms with van der Waals surface area (Å²) in [6.45, 7) is 3.34. The van der Waals surface area contributed by atoms with E-state index in [0.29, 0.717) is 6.10 Å². The Labute approximate surface area is 108 Å². The molecule has 0 radical (unpaired) electrons. The Morgan fingerprint density at radius 3 is 3.22 bits per heavy atom. The molecule has 5 nitrogen and oxygen atoms in total. The first-order valence-corrected chi connectivity index (χ1v) is 6.63. The van der Waals surface area contributed by atoms with Crippen molar-refractivity contribution in [2.75, 3.05) is 33.4 Å². The van der Waals surface area contributed by atoms with Gasteiger partial charge in [-0.1, -0.05) is 0 Å². The Bertz CT molecular complexity index is 335. The van der Waals surface area contributed by atoms with Gasteiger partial charge in [-0.25, -0.2) is 4.98 Å². The molecule has 1 unspecified atom stereocenters. The smallest absolute Gasteiger partial charge is 0.195 e. The molecule has 0 saturated carbocycles. The van der Waals surface area contributed by atoms with Crippen LogP contribution in [0.2, 0.25) is 0 Å². The Kier molecular flexibility index (Phi) is 5.64. The minimum absolute atomic E-state index is 0.325. The minimum Gasteiger partial charge on any atom is -0.446 e. The Morgan fingerprint density at radius 1 is 1.50 bits per heavy atom. The molecule has 1 aliphatic heterocycles. The number of hydrogen-bond acceptors (Lipinski definition) is 5. The van der Waals surface area contributed by atoms with E-state index in [0.717, 1.165) is 63.6 Å². The van der Waals surface area contributed by atoms with Gasteiger partial charge >= 0.3 is 0 Å². The topological polar surface area (TPSA) is 56.5 Å². The second kappa shape index (κ2) is 7.51. The van der Waals surface area contributed by atoms with Crippen LogP contribution < -0.4 is 5.32 Å². The zero-order valence-electron chi connectivity index (χ0n) is 11.0. The summed E-state index contributed by atoms with van der Waals surface area (Å²) in [5.41, 5.74) is 0. The van der Waals surface area contributed by atoms with E-state index in [4.69, 9.17) is 13.9 Å². The SMILES string of the molecule is COCCNCCc1ncc(CC2CCCO2)o1. The quantitative estimate of drug-likeness (QED) is 0.706. The standard InChI is InChI=1S/C13H22N2O3/c1-16-8-6-14-5-4-13-15-10-12(18-13)9-11-3-2-7-17-11/h10-11,14H,2-9H2,1H3. The van der Waals surface area contributed by atoms with Crippen LogP contribution in [-0.4, -0.2) is 44.5 Å². The highest BCUT2D eigenvalue weighted by atomic mass is 16.5. The van der Waals surface area contributed by atoms with Crippen molar-refractivity contribution in [3.8, 4) is 0 Å². The second-order valence-corrected chi connectivity index (χ2v) is 4.55. The number of aromatic nitrogens is 1. The first-order valence-electron chi connectivity index (χ1n) is 6.63. The highest BCUT2D eigenvalue weighted by Gasteiger charge is 2.18. The second-order valence-electron chi connectivity index (χ2n) is 4.55. The summed E-state index contributed by atoms with van der Waals surface area (Å²) in [6, 6.07) is 0. The van der Waals surface area contributed by atoms with Gasteiger partial charge in [0.25, 0.3) is 0 Å². The average molecular weight is 254 g/mol. The van der Waals surface area contributed by atoms with E-state index in [-0.39, 0.29) is 0 Å². The van der Waals surface area contributed by atoms with Gasteiger partial charge in [-0.2, -0.15) is 0 Å². The lowest BCUT2D eigenvalue weighted by Crippen LogP contribution is -2.21. The van der Waals surface area contributed by atoms with E-state index in [1.165, 1.54) is 0 Å². The predicted octanol–water partition coefficient (Wildman–Crippen LogP) is 1.17. The summed E-state index contributed by atoms with van der Waals surface area (Å²) in [6.07, 6.45) is 6.11.